The first-order chi connectivity index (χ1) is 17.4. The Morgan fingerprint density at radius 2 is 2.00 bits per heavy atom. The molecule has 1 aliphatic rings. The molecule has 1 fully saturated rings. The molecule has 0 saturated heterocycles. The van der Waals surface area contributed by atoms with Crippen LogP contribution in [0.3, 0.4) is 0 Å². The Hall–Kier alpha value is -3.42. The average Bonchev–Trinajstić information content (AvgIpc) is 3.51. The van der Waals surface area contributed by atoms with E-state index in [4.69, 9.17) is 9.72 Å². The Kier molecular flexibility index (Phi) is 6.69. The zero-order valence-electron chi connectivity index (χ0n) is 21.9. The molecule has 1 amide bonds. The molecule has 0 radical (unpaired) electrons. The summed E-state index contributed by atoms with van der Waals surface area (Å²) in [7, 11) is 5.33. The molecule has 0 aromatic carbocycles. The molecule has 0 unspecified atom stereocenters. The van der Waals surface area contributed by atoms with Gasteiger partial charge in [0.2, 0.25) is 5.91 Å². The second kappa shape index (κ2) is 9.91. The molecule has 1 saturated carbocycles. The molecule has 8 heteroatoms. The third kappa shape index (κ3) is 4.56. The number of fused-ring (bicyclic) bond motifs is 2. The molecule has 4 heterocycles. The van der Waals surface area contributed by atoms with E-state index in [1.165, 1.54) is 11.3 Å². The number of pyridine rings is 2. The lowest BCUT2D eigenvalue weighted by Crippen LogP contribution is -2.23. The zero-order valence-corrected chi connectivity index (χ0v) is 21.9. The lowest BCUT2D eigenvalue weighted by atomic mass is 9.78. The fraction of sp³-hybridized carbons (Fsp3) is 0.500. The van der Waals surface area contributed by atoms with Gasteiger partial charge in [-0.1, -0.05) is 13.8 Å². The maximum Gasteiger partial charge on any atom is 0.222 e. The molecule has 8 nitrogen and oxygen atoms in total. The summed E-state index contributed by atoms with van der Waals surface area (Å²) < 4.78 is 7.35. The minimum absolute atomic E-state index is 0.231. The molecular weight excluding hydrogens is 452 g/mol. The van der Waals surface area contributed by atoms with Crippen molar-refractivity contribution < 1.29 is 9.53 Å². The number of aromatic nitrogens is 5. The minimum atomic E-state index is 0.231. The number of nitrogens with one attached hydrogen (secondary N) is 1. The molecule has 1 N–H and O–H groups in total. The van der Waals surface area contributed by atoms with E-state index in [2.05, 4.69) is 41.0 Å². The summed E-state index contributed by atoms with van der Waals surface area (Å²) in [6, 6.07) is 6.39. The number of nitrogens with zero attached hydrogens (tertiary/aromatic N) is 5. The highest BCUT2D eigenvalue weighted by molar-refractivity contribution is 5.89. The topological polar surface area (TPSA) is 88.4 Å². The summed E-state index contributed by atoms with van der Waals surface area (Å²) in [6.45, 7) is 4.43. The first kappa shape index (κ1) is 24.3. The molecule has 0 bridgehead atoms. The number of carbonyl (C=O) groups excluding carboxylic acids is 1. The van der Waals surface area contributed by atoms with E-state index >= 15 is 0 Å². The molecule has 0 spiro atoms. The predicted molar refractivity (Wildman–Crippen MR) is 141 cm³/mol. The maximum atomic E-state index is 12.0. The van der Waals surface area contributed by atoms with Crippen LogP contribution < -0.4 is 4.74 Å². The normalized spacial score (nSPS) is 18.3. The van der Waals surface area contributed by atoms with Crippen LogP contribution in [0.4, 0.5) is 0 Å². The van der Waals surface area contributed by atoms with Gasteiger partial charge in [-0.05, 0) is 62.1 Å². The van der Waals surface area contributed by atoms with E-state index in [1.807, 2.05) is 26.4 Å². The van der Waals surface area contributed by atoms with Crippen molar-refractivity contribution in [3.8, 4) is 17.0 Å². The Labute approximate surface area is 212 Å². The van der Waals surface area contributed by atoms with Gasteiger partial charge in [0, 0.05) is 49.5 Å². The van der Waals surface area contributed by atoms with Gasteiger partial charge >= 0.3 is 0 Å². The standard InChI is InChI=1S/C28H36N6O2/c1-17(2)25-26(20-14-23(36-5)28-29-16-30-34(28)15-20)32-22-12-11-21(31-27(22)25)19-9-6-18(7-10-19)8-13-24(35)33(3)4/h11-12,14-19,32H,6-10,13H2,1-5H3. The Morgan fingerprint density at radius 1 is 1.22 bits per heavy atom. The summed E-state index contributed by atoms with van der Waals surface area (Å²) in [5.41, 5.74) is 7.24. The van der Waals surface area contributed by atoms with Crippen molar-refractivity contribution in [3.63, 3.8) is 0 Å². The lowest BCUT2D eigenvalue weighted by Gasteiger charge is -2.28. The smallest absolute Gasteiger partial charge is 0.222 e. The van der Waals surface area contributed by atoms with E-state index in [0.717, 1.165) is 54.4 Å². The van der Waals surface area contributed by atoms with Crippen LogP contribution in [0.25, 0.3) is 27.9 Å². The quantitative estimate of drug-likeness (QED) is 0.369. The van der Waals surface area contributed by atoms with Gasteiger partial charge in [-0.25, -0.2) is 9.50 Å². The van der Waals surface area contributed by atoms with Crippen molar-refractivity contribution in [2.24, 2.45) is 5.92 Å². The van der Waals surface area contributed by atoms with Crippen molar-refractivity contribution >= 4 is 22.6 Å². The second-order valence-corrected chi connectivity index (χ2v) is 10.6. The van der Waals surface area contributed by atoms with Crippen molar-refractivity contribution in [1.29, 1.82) is 0 Å². The van der Waals surface area contributed by atoms with Gasteiger partial charge < -0.3 is 14.6 Å². The first-order valence-corrected chi connectivity index (χ1v) is 13.0. The number of aromatic amines is 1. The third-order valence-corrected chi connectivity index (χ3v) is 7.66. The van der Waals surface area contributed by atoms with Gasteiger partial charge in [0.15, 0.2) is 11.4 Å². The number of carbonyl (C=O) groups is 1. The van der Waals surface area contributed by atoms with Crippen LogP contribution in [0.1, 0.15) is 75.5 Å². The van der Waals surface area contributed by atoms with Crippen LogP contribution in [0.2, 0.25) is 0 Å². The highest BCUT2D eigenvalue weighted by atomic mass is 16.5. The summed E-state index contributed by atoms with van der Waals surface area (Å²) in [6.07, 6.45) is 9.78. The van der Waals surface area contributed by atoms with Crippen LogP contribution >= 0.6 is 0 Å². The third-order valence-electron chi connectivity index (χ3n) is 7.66. The SMILES string of the molecule is COc1cc(-c2[nH]c3ccc(C4CCC(CCC(=O)N(C)C)CC4)nc3c2C(C)C)cn2ncnc12. The number of amides is 1. The van der Waals surface area contributed by atoms with E-state index in [1.54, 1.807) is 22.9 Å². The summed E-state index contributed by atoms with van der Waals surface area (Å²) >= 11 is 0. The summed E-state index contributed by atoms with van der Waals surface area (Å²) in [4.78, 5) is 26.8. The molecular formula is C28H36N6O2. The van der Waals surface area contributed by atoms with Crippen molar-refractivity contribution in [2.75, 3.05) is 21.2 Å². The summed E-state index contributed by atoms with van der Waals surface area (Å²) in [5, 5.41) is 4.33. The highest BCUT2D eigenvalue weighted by Gasteiger charge is 2.26. The zero-order chi connectivity index (χ0) is 25.4. The monoisotopic (exact) mass is 488 g/mol. The van der Waals surface area contributed by atoms with Gasteiger partial charge in [-0.15, -0.1) is 0 Å². The minimum Gasteiger partial charge on any atom is -0.493 e. The Balaban J connectivity index is 1.42. The Morgan fingerprint density at radius 3 is 2.69 bits per heavy atom. The maximum absolute atomic E-state index is 12.0. The van der Waals surface area contributed by atoms with Gasteiger partial charge in [0.1, 0.15) is 6.33 Å². The van der Waals surface area contributed by atoms with Gasteiger partial charge in [0.05, 0.1) is 23.8 Å². The molecule has 36 heavy (non-hydrogen) atoms. The van der Waals surface area contributed by atoms with Crippen molar-refractivity contribution in [2.45, 2.75) is 64.2 Å². The largest absolute Gasteiger partial charge is 0.493 e. The second-order valence-electron chi connectivity index (χ2n) is 10.6. The number of hydrogen-bond acceptors (Lipinski definition) is 5. The Bertz CT molecular complexity index is 1380. The fourth-order valence-corrected chi connectivity index (χ4v) is 5.60. The highest BCUT2D eigenvalue weighted by Crippen LogP contribution is 2.40. The molecule has 0 atom stereocenters. The van der Waals surface area contributed by atoms with Crippen LogP contribution in [-0.4, -0.2) is 56.6 Å². The molecule has 0 aliphatic heterocycles. The van der Waals surface area contributed by atoms with Gasteiger partial charge in [-0.2, -0.15) is 5.10 Å². The van der Waals surface area contributed by atoms with E-state index in [-0.39, 0.29) is 5.91 Å². The average molecular weight is 489 g/mol. The first-order valence-electron chi connectivity index (χ1n) is 13.0. The molecule has 4 aromatic heterocycles. The fourth-order valence-electron chi connectivity index (χ4n) is 5.60. The lowest BCUT2D eigenvalue weighted by molar-refractivity contribution is -0.129. The van der Waals surface area contributed by atoms with Crippen LogP contribution in [0.5, 0.6) is 5.75 Å². The number of hydrogen-bond donors (Lipinski definition) is 1. The van der Waals surface area contributed by atoms with Crippen molar-refractivity contribution in [1.82, 2.24) is 29.5 Å². The predicted octanol–water partition coefficient (Wildman–Crippen LogP) is 5.55. The van der Waals surface area contributed by atoms with Crippen LogP contribution in [-0.2, 0) is 4.79 Å². The van der Waals surface area contributed by atoms with Crippen molar-refractivity contribution in [3.05, 3.63) is 42.0 Å². The van der Waals surface area contributed by atoms with Crippen LogP contribution in [0.15, 0.2) is 30.7 Å². The van der Waals surface area contributed by atoms with E-state index in [0.29, 0.717) is 35.6 Å². The van der Waals surface area contributed by atoms with Crippen LogP contribution in [0, 0.1) is 5.92 Å². The van der Waals surface area contributed by atoms with Gasteiger partial charge in [0.25, 0.3) is 0 Å². The number of H-pyrrole nitrogens is 1. The molecule has 4 aromatic rings. The molecule has 190 valence electrons. The number of rotatable bonds is 7. The number of ether oxygens (including phenoxy) is 1. The summed E-state index contributed by atoms with van der Waals surface area (Å²) in [5.74, 6) is 2.32. The number of methoxy groups -OCH3 is 1. The van der Waals surface area contributed by atoms with Gasteiger partial charge in [-0.3, -0.25) is 9.78 Å². The van der Waals surface area contributed by atoms with E-state index < -0.39 is 0 Å². The molecule has 5 rings (SSSR count). The van der Waals surface area contributed by atoms with E-state index in [9.17, 15) is 4.79 Å². The molecule has 1 aliphatic carbocycles.